The van der Waals surface area contributed by atoms with Crippen molar-refractivity contribution in [3.63, 3.8) is 0 Å². The molecule has 0 radical (unpaired) electrons. The third-order valence-electron chi connectivity index (χ3n) is 3.58. The van der Waals surface area contributed by atoms with Crippen LogP contribution in [0.3, 0.4) is 0 Å². The number of imide groups is 1. The second-order valence-corrected chi connectivity index (χ2v) is 5.50. The summed E-state index contributed by atoms with van der Waals surface area (Å²) in [5.74, 6) is -0.453. The van der Waals surface area contributed by atoms with E-state index in [0.29, 0.717) is 26.1 Å². The maximum absolute atomic E-state index is 11.6. The number of hydrogen-bond donors (Lipinski definition) is 3. The molecular formula is C16H27N3O4. The fourth-order valence-electron chi connectivity index (χ4n) is 2.28. The Morgan fingerprint density at radius 3 is 2.35 bits per heavy atom. The van der Waals surface area contributed by atoms with Crippen LogP contribution in [0.5, 0.6) is 0 Å². The highest BCUT2D eigenvalue weighted by Crippen LogP contribution is 2.07. The first-order chi connectivity index (χ1) is 11.1. The number of hydrogen-bond acceptors (Lipinski definition) is 5. The van der Waals surface area contributed by atoms with Gasteiger partial charge < -0.3 is 15.7 Å². The Morgan fingerprint density at radius 2 is 1.65 bits per heavy atom. The van der Waals surface area contributed by atoms with Crippen molar-refractivity contribution < 1.29 is 19.5 Å². The zero-order valence-corrected chi connectivity index (χ0v) is 13.6. The van der Waals surface area contributed by atoms with Gasteiger partial charge in [-0.25, -0.2) is 0 Å². The minimum absolute atomic E-state index is 0.0447. The van der Waals surface area contributed by atoms with Crippen LogP contribution >= 0.6 is 0 Å². The van der Waals surface area contributed by atoms with Crippen LogP contribution in [0.15, 0.2) is 12.2 Å². The summed E-state index contributed by atoms with van der Waals surface area (Å²) in [4.78, 5) is 35.5. The Morgan fingerprint density at radius 1 is 0.957 bits per heavy atom. The van der Waals surface area contributed by atoms with Crippen molar-refractivity contribution in [3.05, 3.63) is 12.2 Å². The minimum Gasteiger partial charge on any atom is -0.395 e. The third-order valence-corrected chi connectivity index (χ3v) is 3.58. The summed E-state index contributed by atoms with van der Waals surface area (Å²) in [5, 5.41) is 14.5. The number of aliphatic hydroxyl groups excluding tert-OH is 1. The Bertz CT molecular complexity index is 406. The van der Waals surface area contributed by atoms with Crippen molar-refractivity contribution in [2.75, 3.05) is 32.8 Å². The standard InChI is InChI=1S/C16H27N3O4/c20-13-11-17-9-3-4-10-18-14(21)6-2-1-5-12-19-15(22)7-8-16(19)23/h7-8,17,20H,1-6,9-13H2,(H,18,21). The van der Waals surface area contributed by atoms with E-state index in [1.807, 2.05) is 0 Å². The second-order valence-electron chi connectivity index (χ2n) is 5.50. The molecule has 0 aromatic carbocycles. The smallest absolute Gasteiger partial charge is 0.253 e. The predicted molar refractivity (Wildman–Crippen MR) is 86.5 cm³/mol. The van der Waals surface area contributed by atoms with Gasteiger partial charge >= 0.3 is 0 Å². The quantitative estimate of drug-likeness (QED) is 0.326. The van der Waals surface area contributed by atoms with E-state index in [1.165, 1.54) is 17.1 Å². The summed E-state index contributed by atoms with van der Waals surface area (Å²) >= 11 is 0. The number of nitrogens with zero attached hydrogens (tertiary/aromatic N) is 1. The highest BCUT2D eigenvalue weighted by molar-refractivity contribution is 6.12. The van der Waals surface area contributed by atoms with Crippen LogP contribution in [0.2, 0.25) is 0 Å². The van der Waals surface area contributed by atoms with Gasteiger partial charge in [0.05, 0.1) is 6.61 Å². The molecule has 7 nitrogen and oxygen atoms in total. The van der Waals surface area contributed by atoms with E-state index < -0.39 is 0 Å². The Labute approximate surface area is 137 Å². The van der Waals surface area contributed by atoms with E-state index in [2.05, 4.69) is 10.6 Å². The highest BCUT2D eigenvalue weighted by atomic mass is 16.3. The molecule has 0 atom stereocenters. The van der Waals surface area contributed by atoms with E-state index >= 15 is 0 Å². The van der Waals surface area contributed by atoms with Crippen molar-refractivity contribution in [2.45, 2.75) is 38.5 Å². The molecule has 0 aliphatic carbocycles. The first-order valence-corrected chi connectivity index (χ1v) is 8.27. The van der Waals surface area contributed by atoms with E-state index in [0.717, 1.165) is 38.6 Å². The zero-order chi connectivity index (χ0) is 16.9. The largest absolute Gasteiger partial charge is 0.395 e. The summed E-state index contributed by atoms with van der Waals surface area (Å²) < 4.78 is 0. The maximum atomic E-state index is 11.6. The fraction of sp³-hybridized carbons (Fsp3) is 0.688. The van der Waals surface area contributed by atoms with Gasteiger partial charge in [-0.15, -0.1) is 0 Å². The molecule has 130 valence electrons. The van der Waals surface area contributed by atoms with Gasteiger partial charge in [0, 0.05) is 38.2 Å². The Kier molecular flexibility index (Phi) is 9.90. The molecular weight excluding hydrogens is 298 g/mol. The molecule has 0 aromatic heterocycles. The molecule has 0 aromatic rings. The Hall–Kier alpha value is -1.73. The molecule has 0 saturated carbocycles. The molecule has 0 fully saturated rings. The van der Waals surface area contributed by atoms with Crippen LogP contribution < -0.4 is 10.6 Å². The molecule has 3 N–H and O–H groups in total. The fourth-order valence-corrected chi connectivity index (χ4v) is 2.28. The number of nitrogens with one attached hydrogen (secondary N) is 2. The monoisotopic (exact) mass is 325 g/mol. The predicted octanol–water partition coefficient (Wildman–Crippen LogP) is -0.0499. The number of unbranched alkanes of at least 4 members (excludes halogenated alkanes) is 3. The van der Waals surface area contributed by atoms with Crippen LogP contribution in [-0.2, 0) is 14.4 Å². The lowest BCUT2D eigenvalue weighted by atomic mass is 10.2. The molecule has 0 spiro atoms. The van der Waals surface area contributed by atoms with Crippen molar-refractivity contribution in [2.24, 2.45) is 0 Å². The molecule has 1 aliphatic heterocycles. The van der Waals surface area contributed by atoms with Crippen molar-refractivity contribution >= 4 is 17.7 Å². The van der Waals surface area contributed by atoms with Gasteiger partial charge in [0.2, 0.25) is 5.91 Å². The van der Waals surface area contributed by atoms with Gasteiger partial charge in [0.25, 0.3) is 11.8 Å². The van der Waals surface area contributed by atoms with Gasteiger partial charge in [0.15, 0.2) is 0 Å². The molecule has 7 heteroatoms. The second kappa shape index (κ2) is 11.8. The van der Waals surface area contributed by atoms with Crippen molar-refractivity contribution in [1.29, 1.82) is 0 Å². The molecule has 0 unspecified atom stereocenters. The lowest BCUT2D eigenvalue weighted by molar-refractivity contribution is -0.136. The van der Waals surface area contributed by atoms with E-state index in [-0.39, 0.29) is 24.3 Å². The zero-order valence-electron chi connectivity index (χ0n) is 13.6. The summed E-state index contributed by atoms with van der Waals surface area (Å²) in [6, 6.07) is 0. The van der Waals surface area contributed by atoms with Crippen LogP contribution in [0.25, 0.3) is 0 Å². The van der Waals surface area contributed by atoms with Crippen LogP contribution in [-0.4, -0.2) is 60.5 Å². The normalized spacial score (nSPS) is 13.9. The lowest BCUT2D eigenvalue weighted by Crippen LogP contribution is -2.30. The van der Waals surface area contributed by atoms with Crippen molar-refractivity contribution in [3.8, 4) is 0 Å². The van der Waals surface area contributed by atoms with E-state index in [4.69, 9.17) is 5.11 Å². The molecule has 1 aliphatic rings. The summed E-state index contributed by atoms with van der Waals surface area (Å²) in [6.45, 7) is 2.69. The molecule has 3 amide bonds. The SMILES string of the molecule is O=C(CCCCCN1C(=O)C=CC1=O)NCCCCNCCO. The molecule has 1 rings (SSSR count). The number of rotatable bonds is 13. The van der Waals surface area contributed by atoms with Crippen molar-refractivity contribution in [1.82, 2.24) is 15.5 Å². The first kappa shape index (κ1) is 19.3. The summed E-state index contributed by atoms with van der Waals surface area (Å²) in [7, 11) is 0. The number of aliphatic hydroxyl groups is 1. The first-order valence-electron chi connectivity index (χ1n) is 8.27. The van der Waals surface area contributed by atoms with Gasteiger partial charge in [-0.1, -0.05) is 6.42 Å². The summed E-state index contributed by atoms with van der Waals surface area (Å²) in [6.07, 6.45) is 7.22. The minimum atomic E-state index is -0.249. The molecule has 0 saturated heterocycles. The average Bonchev–Trinajstić information content (AvgIpc) is 2.85. The number of amides is 3. The number of carbonyl (C=O) groups is 3. The average molecular weight is 325 g/mol. The highest BCUT2D eigenvalue weighted by Gasteiger charge is 2.22. The van der Waals surface area contributed by atoms with E-state index in [1.54, 1.807) is 0 Å². The van der Waals surface area contributed by atoms with Crippen LogP contribution in [0.1, 0.15) is 38.5 Å². The van der Waals surface area contributed by atoms with Gasteiger partial charge in [-0.05, 0) is 32.2 Å². The molecule has 1 heterocycles. The van der Waals surface area contributed by atoms with Gasteiger partial charge in [-0.2, -0.15) is 0 Å². The summed E-state index contributed by atoms with van der Waals surface area (Å²) in [5.41, 5.74) is 0. The molecule has 23 heavy (non-hydrogen) atoms. The van der Waals surface area contributed by atoms with Crippen LogP contribution in [0, 0.1) is 0 Å². The van der Waals surface area contributed by atoms with E-state index in [9.17, 15) is 14.4 Å². The van der Waals surface area contributed by atoms with Gasteiger partial charge in [-0.3, -0.25) is 19.3 Å². The Balaban J connectivity index is 1.90. The maximum Gasteiger partial charge on any atom is 0.253 e. The topological polar surface area (TPSA) is 98.7 Å². The third kappa shape index (κ3) is 8.47. The van der Waals surface area contributed by atoms with Gasteiger partial charge in [0.1, 0.15) is 0 Å². The number of carbonyl (C=O) groups excluding carboxylic acids is 3. The van der Waals surface area contributed by atoms with Crippen LogP contribution in [0.4, 0.5) is 0 Å². The lowest BCUT2D eigenvalue weighted by Gasteiger charge is -2.13. The molecule has 0 bridgehead atoms.